The van der Waals surface area contributed by atoms with Crippen LogP contribution >= 0.6 is 0 Å². The van der Waals surface area contributed by atoms with Crippen molar-refractivity contribution in [1.82, 2.24) is 24.7 Å². The fourth-order valence-electron chi connectivity index (χ4n) is 2.46. The highest BCUT2D eigenvalue weighted by atomic mass is 19.4. The minimum Gasteiger partial charge on any atom is -0.379 e. The zero-order valence-electron chi connectivity index (χ0n) is 12.5. The van der Waals surface area contributed by atoms with Crippen LogP contribution in [-0.2, 0) is 10.9 Å². The summed E-state index contributed by atoms with van der Waals surface area (Å²) in [6.07, 6.45) is -4.59. The molecule has 2 aromatic rings. The highest BCUT2D eigenvalue weighted by Gasteiger charge is 2.37. The number of ether oxygens (including phenoxy) is 1. The van der Waals surface area contributed by atoms with Crippen molar-refractivity contribution < 1.29 is 17.9 Å². The first-order valence-electron chi connectivity index (χ1n) is 7.30. The van der Waals surface area contributed by atoms with Crippen LogP contribution in [0.25, 0.3) is 5.65 Å². The summed E-state index contributed by atoms with van der Waals surface area (Å²) in [6, 6.07) is 3.27. The lowest BCUT2D eigenvalue weighted by Crippen LogP contribution is -2.45. The average Bonchev–Trinajstić information content (AvgIpc) is 2.96. The summed E-state index contributed by atoms with van der Waals surface area (Å²) in [5, 5.41) is 13.6. The molecule has 0 amide bonds. The molecule has 3 heterocycles. The minimum absolute atomic E-state index is 0.0594. The lowest BCUT2D eigenvalue weighted by Gasteiger charge is -2.32. The quantitative estimate of drug-likeness (QED) is 0.911. The molecule has 10 heteroatoms. The van der Waals surface area contributed by atoms with Gasteiger partial charge in [-0.05, 0) is 19.1 Å². The Labute approximate surface area is 130 Å². The topological polar surface area (TPSA) is 67.6 Å². The molecule has 0 unspecified atom stereocenters. The van der Waals surface area contributed by atoms with Crippen molar-refractivity contribution in [2.24, 2.45) is 0 Å². The molecule has 0 spiro atoms. The summed E-state index contributed by atoms with van der Waals surface area (Å²) in [4.78, 5) is 2.26. The smallest absolute Gasteiger partial charge is 0.379 e. The number of alkyl halides is 3. The third-order valence-corrected chi connectivity index (χ3v) is 3.76. The van der Waals surface area contributed by atoms with Gasteiger partial charge in [0.05, 0.1) is 13.2 Å². The summed E-state index contributed by atoms with van der Waals surface area (Å²) in [5.74, 6) is -0.778. The molecule has 2 aromatic heterocycles. The molecule has 0 saturated carbocycles. The lowest BCUT2D eigenvalue weighted by molar-refractivity contribution is -0.146. The van der Waals surface area contributed by atoms with Crippen LogP contribution in [0.3, 0.4) is 0 Å². The molecule has 0 radical (unpaired) electrons. The van der Waals surface area contributed by atoms with E-state index in [-0.39, 0.29) is 11.7 Å². The van der Waals surface area contributed by atoms with Crippen molar-refractivity contribution in [3.63, 3.8) is 0 Å². The molecule has 7 nitrogen and oxygen atoms in total. The van der Waals surface area contributed by atoms with E-state index in [2.05, 4.69) is 32.4 Å². The highest BCUT2D eigenvalue weighted by Crippen LogP contribution is 2.27. The Morgan fingerprint density at radius 3 is 2.70 bits per heavy atom. The van der Waals surface area contributed by atoms with Gasteiger partial charge in [-0.3, -0.25) is 4.90 Å². The summed E-state index contributed by atoms with van der Waals surface area (Å²) < 4.78 is 44.5. The van der Waals surface area contributed by atoms with E-state index in [1.54, 1.807) is 6.07 Å². The van der Waals surface area contributed by atoms with Gasteiger partial charge in [-0.15, -0.1) is 15.3 Å². The Morgan fingerprint density at radius 2 is 2.00 bits per heavy atom. The Morgan fingerprint density at radius 1 is 1.26 bits per heavy atom. The predicted octanol–water partition coefficient (Wildman–Crippen LogP) is 1.28. The fraction of sp³-hybridized carbons (Fsp3) is 0.615. The van der Waals surface area contributed by atoms with Crippen LogP contribution in [0, 0.1) is 0 Å². The number of morpholine rings is 1. The standard InChI is InChI=1S/C13H17F3N6O/c1-9(21-4-6-23-7-5-21)8-17-10-2-3-11-18-19-12(13(14,15)16)22(11)20-10/h2-3,9H,4-8H2,1H3,(H,17,20)/t9-/m1/s1. The van der Waals surface area contributed by atoms with Crippen LogP contribution in [0.15, 0.2) is 12.1 Å². The van der Waals surface area contributed by atoms with E-state index in [9.17, 15) is 13.2 Å². The monoisotopic (exact) mass is 330 g/mol. The molecule has 23 heavy (non-hydrogen) atoms. The second kappa shape index (κ2) is 6.28. The van der Waals surface area contributed by atoms with E-state index in [0.29, 0.717) is 30.1 Å². The van der Waals surface area contributed by atoms with Crippen molar-refractivity contribution in [3.05, 3.63) is 18.0 Å². The fourth-order valence-corrected chi connectivity index (χ4v) is 2.46. The van der Waals surface area contributed by atoms with Crippen LogP contribution in [0.2, 0.25) is 0 Å². The highest BCUT2D eigenvalue weighted by molar-refractivity contribution is 5.44. The van der Waals surface area contributed by atoms with Gasteiger partial charge in [0, 0.05) is 25.7 Å². The summed E-state index contributed by atoms with van der Waals surface area (Å²) in [7, 11) is 0. The summed E-state index contributed by atoms with van der Waals surface area (Å²) in [6.45, 7) is 5.71. The SMILES string of the molecule is C[C@H](CNc1ccc2nnc(C(F)(F)F)n2n1)N1CCOCC1. The lowest BCUT2D eigenvalue weighted by atomic mass is 10.2. The number of nitrogens with zero attached hydrogens (tertiary/aromatic N) is 5. The minimum atomic E-state index is -4.59. The van der Waals surface area contributed by atoms with E-state index in [0.717, 1.165) is 13.1 Å². The van der Waals surface area contributed by atoms with E-state index < -0.39 is 12.0 Å². The van der Waals surface area contributed by atoms with Crippen LogP contribution < -0.4 is 5.32 Å². The number of nitrogens with one attached hydrogen (secondary N) is 1. The second-order valence-electron chi connectivity index (χ2n) is 5.39. The Bertz CT molecular complexity index is 667. The Balaban J connectivity index is 1.70. The van der Waals surface area contributed by atoms with Gasteiger partial charge in [-0.1, -0.05) is 0 Å². The van der Waals surface area contributed by atoms with Crippen molar-refractivity contribution >= 4 is 11.5 Å². The predicted molar refractivity (Wildman–Crippen MR) is 76.1 cm³/mol. The first-order chi connectivity index (χ1) is 10.9. The molecular weight excluding hydrogens is 313 g/mol. The molecular formula is C13H17F3N6O. The molecule has 1 aliphatic rings. The zero-order valence-corrected chi connectivity index (χ0v) is 12.5. The van der Waals surface area contributed by atoms with E-state index in [1.807, 2.05) is 0 Å². The zero-order chi connectivity index (χ0) is 16.4. The van der Waals surface area contributed by atoms with Gasteiger partial charge in [0.15, 0.2) is 5.65 Å². The van der Waals surface area contributed by atoms with E-state index in [4.69, 9.17) is 4.74 Å². The van der Waals surface area contributed by atoms with Crippen LogP contribution in [0.5, 0.6) is 0 Å². The van der Waals surface area contributed by atoms with Crippen LogP contribution in [0.4, 0.5) is 19.0 Å². The average molecular weight is 330 g/mol. The summed E-state index contributed by atoms with van der Waals surface area (Å²) >= 11 is 0. The molecule has 126 valence electrons. The van der Waals surface area contributed by atoms with Gasteiger partial charge in [0.2, 0.25) is 0 Å². The number of fused-ring (bicyclic) bond motifs is 1. The van der Waals surface area contributed by atoms with Gasteiger partial charge >= 0.3 is 6.18 Å². The Kier molecular flexibility index (Phi) is 4.35. The van der Waals surface area contributed by atoms with Gasteiger partial charge in [-0.25, -0.2) is 0 Å². The van der Waals surface area contributed by atoms with Gasteiger partial charge in [0.1, 0.15) is 5.82 Å². The van der Waals surface area contributed by atoms with Gasteiger partial charge in [-0.2, -0.15) is 17.7 Å². The molecule has 1 N–H and O–H groups in total. The number of hydrogen-bond acceptors (Lipinski definition) is 6. The molecule has 1 saturated heterocycles. The Hall–Kier alpha value is -1.94. The maximum atomic E-state index is 12.8. The molecule has 1 atom stereocenters. The number of hydrogen-bond donors (Lipinski definition) is 1. The van der Waals surface area contributed by atoms with Crippen LogP contribution in [0.1, 0.15) is 12.7 Å². The summed E-state index contributed by atoms with van der Waals surface area (Å²) in [5.41, 5.74) is 0.0594. The number of halogens is 3. The molecule has 1 aliphatic heterocycles. The molecule has 0 bridgehead atoms. The van der Waals surface area contributed by atoms with Crippen LogP contribution in [-0.4, -0.2) is 63.6 Å². The number of anilines is 1. The maximum absolute atomic E-state index is 12.8. The normalized spacial score (nSPS) is 18.3. The maximum Gasteiger partial charge on any atom is 0.453 e. The first kappa shape index (κ1) is 15.9. The van der Waals surface area contributed by atoms with Gasteiger partial charge in [0.25, 0.3) is 5.82 Å². The second-order valence-corrected chi connectivity index (χ2v) is 5.39. The van der Waals surface area contributed by atoms with E-state index in [1.165, 1.54) is 6.07 Å². The molecule has 0 aromatic carbocycles. The van der Waals surface area contributed by atoms with Crippen molar-refractivity contribution in [2.75, 3.05) is 38.2 Å². The van der Waals surface area contributed by atoms with E-state index >= 15 is 0 Å². The number of rotatable bonds is 4. The van der Waals surface area contributed by atoms with Crippen molar-refractivity contribution in [3.8, 4) is 0 Å². The first-order valence-corrected chi connectivity index (χ1v) is 7.30. The molecule has 3 rings (SSSR count). The third kappa shape index (κ3) is 3.53. The van der Waals surface area contributed by atoms with Crippen molar-refractivity contribution in [2.45, 2.75) is 19.1 Å². The van der Waals surface area contributed by atoms with Gasteiger partial charge < -0.3 is 10.1 Å². The molecule has 0 aliphatic carbocycles. The third-order valence-electron chi connectivity index (χ3n) is 3.76. The largest absolute Gasteiger partial charge is 0.453 e. The molecule has 1 fully saturated rings. The van der Waals surface area contributed by atoms with Crippen molar-refractivity contribution in [1.29, 1.82) is 0 Å². The number of aromatic nitrogens is 4.